The Labute approximate surface area is 93.9 Å². The van der Waals surface area contributed by atoms with Crippen LogP contribution in [0, 0.1) is 0 Å². The van der Waals surface area contributed by atoms with Crippen LogP contribution in [0.2, 0.25) is 0 Å². The van der Waals surface area contributed by atoms with Crippen molar-refractivity contribution in [2.75, 3.05) is 25.5 Å². The summed E-state index contributed by atoms with van der Waals surface area (Å²) in [6.45, 7) is 1.65. The number of hydrogen-bond acceptors (Lipinski definition) is 2. The third kappa shape index (κ3) is 3.96. The number of halogens is 1. The maximum atomic E-state index is 11.6. The molecule has 0 aromatic heterocycles. The summed E-state index contributed by atoms with van der Waals surface area (Å²) in [5.41, 5.74) is 0. The van der Waals surface area contributed by atoms with E-state index in [2.05, 4.69) is 15.9 Å². The van der Waals surface area contributed by atoms with Crippen LogP contribution in [0.3, 0.4) is 0 Å². The van der Waals surface area contributed by atoms with E-state index >= 15 is 0 Å². The van der Waals surface area contributed by atoms with Crippen molar-refractivity contribution < 1.29 is 9.53 Å². The monoisotopic (exact) mass is 263 g/mol. The van der Waals surface area contributed by atoms with E-state index in [1.54, 1.807) is 4.90 Å². The molecule has 1 saturated heterocycles. The lowest BCUT2D eigenvalue weighted by Crippen LogP contribution is -2.30. The summed E-state index contributed by atoms with van der Waals surface area (Å²) in [6, 6.07) is 0. The van der Waals surface area contributed by atoms with Crippen molar-refractivity contribution in [2.45, 2.75) is 31.8 Å². The molecular formula is C10H18BrNO2. The Morgan fingerprint density at radius 2 is 2.43 bits per heavy atom. The van der Waals surface area contributed by atoms with Gasteiger partial charge in [0.25, 0.3) is 0 Å². The van der Waals surface area contributed by atoms with Gasteiger partial charge in [0.2, 0.25) is 5.91 Å². The minimum absolute atomic E-state index is 0.175. The van der Waals surface area contributed by atoms with Crippen LogP contribution in [0.15, 0.2) is 0 Å². The molecule has 0 spiro atoms. The van der Waals surface area contributed by atoms with Gasteiger partial charge in [-0.15, -0.1) is 0 Å². The van der Waals surface area contributed by atoms with Crippen LogP contribution >= 0.6 is 15.9 Å². The van der Waals surface area contributed by atoms with Gasteiger partial charge in [0.05, 0.1) is 12.5 Å². The van der Waals surface area contributed by atoms with Gasteiger partial charge in [-0.3, -0.25) is 4.79 Å². The zero-order chi connectivity index (χ0) is 10.4. The Morgan fingerprint density at radius 3 is 3.00 bits per heavy atom. The molecule has 1 fully saturated rings. The Bertz CT molecular complexity index is 181. The van der Waals surface area contributed by atoms with Crippen molar-refractivity contribution in [3.8, 4) is 0 Å². The quantitative estimate of drug-likeness (QED) is 0.709. The van der Waals surface area contributed by atoms with Gasteiger partial charge >= 0.3 is 0 Å². The van der Waals surface area contributed by atoms with Crippen LogP contribution < -0.4 is 0 Å². The molecule has 4 heteroatoms. The first-order valence-electron chi connectivity index (χ1n) is 5.15. The second kappa shape index (κ2) is 6.40. The molecule has 0 N–H and O–H groups in total. The van der Waals surface area contributed by atoms with Crippen LogP contribution in [-0.2, 0) is 9.53 Å². The largest absolute Gasteiger partial charge is 0.378 e. The molecule has 0 radical (unpaired) electrons. The topological polar surface area (TPSA) is 29.5 Å². The molecule has 1 unspecified atom stereocenters. The van der Waals surface area contributed by atoms with E-state index < -0.39 is 0 Å². The Kier molecular flexibility index (Phi) is 5.48. The zero-order valence-corrected chi connectivity index (χ0v) is 10.3. The molecule has 0 aliphatic carbocycles. The average molecular weight is 264 g/mol. The fourth-order valence-corrected chi connectivity index (χ4v) is 1.83. The SMILES string of the molecule is CN(CCCBr)C(=O)CC1CCCO1. The highest BCUT2D eigenvalue weighted by molar-refractivity contribution is 9.09. The molecule has 0 bridgehead atoms. The fraction of sp³-hybridized carbons (Fsp3) is 0.900. The minimum atomic E-state index is 0.175. The third-order valence-electron chi connectivity index (χ3n) is 2.48. The highest BCUT2D eigenvalue weighted by atomic mass is 79.9. The van der Waals surface area contributed by atoms with Gasteiger partial charge in [0, 0.05) is 25.5 Å². The van der Waals surface area contributed by atoms with E-state index in [1.165, 1.54) is 0 Å². The lowest BCUT2D eigenvalue weighted by atomic mass is 10.1. The smallest absolute Gasteiger partial charge is 0.224 e. The normalized spacial score (nSPS) is 21.1. The standard InChI is InChI=1S/C10H18BrNO2/c1-12(6-3-5-11)10(13)8-9-4-2-7-14-9/h9H,2-8H2,1H3. The van der Waals surface area contributed by atoms with Gasteiger partial charge in [-0.2, -0.15) is 0 Å². The lowest BCUT2D eigenvalue weighted by molar-refractivity contribution is -0.132. The highest BCUT2D eigenvalue weighted by Gasteiger charge is 2.20. The van der Waals surface area contributed by atoms with Crippen molar-refractivity contribution in [2.24, 2.45) is 0 Å². The number of carbonyl (C=O) groups excluding carboxylic acids is 1. The molecule has 1 heterocycles. The second-order valence-electron chi connectivity index (χ2n) is 3.70. The first kappa shape index (κ1) is 12.0. The molecule has 14 heavy (non-hydrogen) atoms. The van der Waals surface area contributed by atoms with Crippen LogP contribution in [0.4, 0.5) is 0 Å². The number of hydrogen-bond donors (Lipinski definition) is 0. The van der Waals surface area contributed by atoms with Gasteiger partial charge in [-0.1, -0.05) is 15.9 Å². The number of carbonyl (C=O) groups is 1. The van der Waals surface area contributed by atoms with E-state index in [4.69, 9.17) is 4.74 Å². The molecule has 0 saturated carbocycles. The van der Waals surface area contributed by atoms with Gasteiger partial charge in [-0.05, 0) is 19.3 Å². The number of rotatable bonds is 5. The van der Waals surface area contributed by atoms with Crippen LogP contribution in [0.1, 0.15) is 25.7 Å². The Morgan fingerprint density at radius 1 is 1.64 bits per heavy atom. The van der Waals surface area contributed by atoms with E-state index in [1.807, 2.05) is 7.05 Å². The summed E-state index contributed by atoms with van der Waals surface area (Å²) >= 11 is 3.35. The van der Waals surface area contributed by atoms with Crippen molar-refractivity contribution >= 4 is 21.8 Å². The molecule has 0 aromatic rings. The zero-order valence-electron chi connectivity index (χ0n) is 8.67. The van der Waals surface area contributed by atoms with Gasteiger partial charge in [0.15, 0.2) is 0 Å². The van der Waals surface area contributed by atoms with Crippen molar-refractivity contribution in [3.05, 3.63) is 0 Å². The summed E-state index contributed by atoms with van der Waals surface area (Å²) in [7, 11) is 1.86. The number of ether oxygens (including phenoxy) is 1. The van der Waals surface area contributed by atoms with Crippen molar-refractivity contribution in [1.82, 2.24) is 4.90 Å². The van der Waals surface area contributed by atoms with Crippen LogP contribution in [0.25, 0.3) is 0 Å². The molecule has 82 valence electrons. The second-order valence-corrected chi connectivity index (χ2v) is 4.49. The fourth-order valence-electron chi connectivity index (χ4n) is 1.58. The van der Waals surface area contributed by atoms with Gasteiger partial charge in [0.1, 0.15) is 0 Å². The minimum Gasteiger partial charge on any atom is -0.378 e. The summed E-state index contributed by atoms with van der Waals surface area (Å²) in [4.78, 5) is 13.4. The van der Waals surface area contributed by atoms with Crippen molar-refractivity contribution in [3.63, 3.8) is 0 Å². The Hall–Kier alpha value is -0.0900. The van der Waals surface area contributed by atoms with Gasteiger partial charge < -0.3 is 9.64 Å². The summed E-state index contributed by atoms with van der Waals surface area (Å²) in [5.74, 6) is 0.206. The van der Waals surface area contributed by atoms with E-state index in [0.717, 1.165) is 37.7 Å². The summed E-state index contributed by atoms with van der Waals surface area (Å²) < 4.78 is 5.42. The molecule has 1 aliphatic heterocycles. The first-order valence-corrected chi connectivity index (χ1v) is 6.27. The lowest BCUT2D eigenvalue weighted by Gasteiger charge is -2.18. The van der Waals surface area contributed by atoms with E-state index in [9.17, 15) is 4.79 Å². The molecule has 0 aromatic carbocycles. The predicted molar refractivity (Wildman–Crippen MR) is 59.6 cm³/mol. The molecule has 1 rings (SSSR count). The Balaban J connectivity index is 2.18. The van der Waals surface area contributed by atoms with Gasteiger partial charge in [-0.25, -0.2) is 0 Å². The first-order chi connectivity index (χ1) is 6.74. The van der Waals surface area contributed by atoms with Crippen LogP contribution in [-0.4, -0.2) is 42.4 Å². The molecule has 1 aliphatic rings. The van der Waals surface area contributed by atoms with E-state index in [-0.39, 0.29) is 12.0 Å². The number of alkyl halides is 1. The summed E-state index contributed by atoms with van der Waals surface area (Å²) in [6.07, 6.45) is 3.88. The van der Waals surface area contributed by atoms with Crippen LogP contribution in [0.5, 0.6) is 0 Å². The third-order valence-corrected chi connectivity index (χ3v) is 3.04. The van der Waals surface area contributed by atoms with Crippen molar-refractivity contribution in [1.29, 1.82) is 0 Å². The number of nitrogens with zero attached hydrogens (tertiary/aromatic N) is 1. The maximum absolute atomic E-state index is 11.6. The number of amides is 1. The maximum Gasteiger partial charge on any atom is 0.224 e. The molecule has 1 amide bonds. The predicted octanol–water partition coefficient (Wildman–Crippen LogP) is 1.80. The molecular weight excluding hydrogens is 246 g/mol. The van der Waals surface area contributed by atoms with E-state index in [0.29, 0.717) is 6.42 Å². The molecule has 1 atom stereocenters. The molecule has 3 nitrogen and oxygen atoms in total. The highest BCUT2D eigenvalue weighted by Crippen LogP contribution is 2.16. The average Bonchev–Trinajstić information content (AvgIpc) is 2.66. The summed E-state index contributed by atoms with van der Waals surface area (Å²) in [5, 5.41) is 0.949.